The number of hydrogen-bond acceptors (Lipinski definition) is 6. The average molecular weight is 531 g/mol. The van der Waals surface area contributed by atoms with E-state index in [0.717, 1.165) is 35.3 Å². The molecule has 2 amide bonds. The first kappa shape index (κ1) is 25.4. The zero-order valence-corrected chi connectivity index (χ0v) is 20.2. The van der Waals surface area contributed by atoms with E-state index in [0.29, 0.717) is 12.0 Å². The summed E-state index contributed by atoms with van der Waals surface area (Å²) in [5, 5.41) is 0. The predicted molar refractivity (Wildman–Crippen MR) is 131 cm³/mol. The lowest BCUT2D eigenvalue weighted by atomic mass is 9.92. The maximum atomic E-state index is 13.0. The SMILES string of the molecule is O=C(/C=C/c1ccc([S+]([O-])C(F)(F)F)cc1)N1C=CC2=C[N+](C(=O)C3=C[C@H]4NNNC4CC3)=CC2=CC1. The zero-order valence-electron chi connectivity index (χ0n) is 19.4. The van der Waals surface area contributed by atoms with Crippen LogP contribution in [-0.4, -0.2) is 56.2 Å². The maximum Gasteiger partial charge on any atom is 0.578 e. The number of rotatable bonds is 4. The van der Waals surface area contributed by atoms with Crippen molar-refractivity contribution < 1.29 is 31.9 Å². The number of halogens is 3. The summed E-state index contributed by atoms with van der Waals surface area (Å²) in [6, 6.07) is 5.31. The lowest BCUT2D eigenvalue weighted by molar-refractivity contribution is -0.369. The number of hydrogen-bond donors (Lipinski definition) is 3. The normalized spacial score (nSPS) is 24.1. The molecule has 1 aromatic rings. The summed E-state index contributed by atoms with van der Waals surface area (Å²) in [6.45, 7) is 0.280. The summed E-state index contributed by atoms with van der Waals surface area (Å²) < 4.78 is 50.7. The Kier molecular flexibility index (Phi) is 7.01. The van der Waals surface area contributed by atoms with Crippen LogP contribution in [0.2, 0.25) is 0 Å². The van der Waals surface area contributed by atoms with Gasteiger partial charge in [-0.25, -0.2) is 15.6 Å². The molecule has 0 spiro atoms. The summed E-state index contributed by atoms with van der Waals surface area (Å²) in [6.07, 6.45) is 15.0. The van der Waals surface area contributed by atoms with Crippen LogP contribution in [0.3, 0.4) is 0 Å². The fraction of sp³-hybridized carbons (Fsp3) is 0.240. The fourth-order valence-corrected chi connectivity index (χ4v) is 5.03. The first-order chi connectivity index (χ1) is 17.7. The van der Waals surface area contributed by atoms with Gasteiger partial charge in [0.15, 0.2) is 17.3 Å². The smallest absolute Gasteiger partial charge is 0.578 e. The van der Waals surface area contributed by atoms with Crippen LogP contribution in [0.1, 0.15) is 18.4 Å². The molecule has 3 atom stereocenters. The van der Waals surface area contributed by atoms with Gasteiger partial charge in [-0.1, -0.05) is 12.2 Å². The third-order valence-corrected chi connectivity index (χ3v) is 7.50. The first-order valence-corrected chi connectivity index (χ1v) is 12.7. The van der Waals surface area contributed by atoms with Crippen molar-refractivity contribution in [2.75, 3.05) is 6.54 Å². The quantitative estimate of drug-likeness (QED) is 0.314. The van der Waals surface area contributed by atoms with E-state index in [1.807, 2.05) is 12.2 Å². The van der Waals surface area contributed by atoms with Gasteiger partial charge in [-0.3, -0.25) is 4.79 Å². The number of amides is 2. The molecular formula is C25H23F3N5O3S+. The van der Waals surface area contributed by atoms with E-state index >= 15 is 0 Å². The van der Waals surface area contributed by atoms with Crippen molar-refractivity contribution in [3.8, 4) is 0 Å². The highest BCUT2D eigenvalue weighted by molar-refractivity contribution is 7.92. The standard InChI is InChI=1S/C25H23F3N5O3S/c26-25(27,28)37(36)20-5-1-16(2-6-20)3-8-23(34)32-11-9-18-14-33(15-19(18)10-12-32)24(35)17-4-7-21-22(13-17)30-31-29-21/h1-3,5-6,8-11,13-15,21-22,29-31H,4,7,12H2/q+1/b8-3+/t21?,22-,37?/m1/s1. The number of fused-ring (bicyclic) bond motifs is 2. The number of nitrogens with one attached hydrogen (secondary N) is 3. The first-order valence-electron chi connectivity index (χ1n) is 11.5. The van der Waals surface area contributed by atoms with E-state index in [-0.39, 0.29) is 35.3 Å². The van der Waals surface area contributed by atoms with Crippen LogP contribution in [0, 0.1) is 0 Å². The van der Waals surface area contributed by atoms with E-state index in [9.17, 15) is 27.3 Å². The van der Waals surface area contributed by atoms with Gasteiger partial charge in [0, 0.05) is 30.4 Å². The number of carbonyl (C=O) groups is 2. The van der Waals surface area contributed by atoms with Crippen LogP contribution < -0.4 is 16.4 Å². The summed E-state index contributed by atoms with van der Waals surface area (Å²) in [5.41, 5.74) is 7.15. The summed E-state index contributed by atoms with van der Waals surface area (Å²) in [7, 11) is 0. The molecule has 12 heteroatoms. The molecule has 0 saturated carbocycles. The molecule has 8 nitrogen and oxygen atoms in total. The van der Waals surface area contributed by atoms with Gasteiger partial charge >= 0.3 is 11.4 Å². The predicted octanol–water partition coefficient (Wildman–Crippen LogP) is 2.19. The molecule has 3 heterocycles. The van der Waals surface area contributed by atoms with E-state index in [4.69, 9.17) is 0 Å². The highest BCUT2D eigenvalue weighted by atomic mass is 32.2. The number of allylic oxidation sites excluding steroid dienone is 3. The fourth-order valence-electron chi connectivity index (χ4n) is 4.38. The number of benzene rings is 1. The van der Waals surface area contributed by atoms with Crippen molar-refractivity contribution in [1.82, 2.24) is 21.3 Å². The second kappa shape index (κ2) is 10.2. The Hall–Kier alpha value is -3.29. The highest BCUT2D eigenvalue weighted by Crippen LogP contribution is 2.30. The van der Waals surface area contributed by atoms with E-state index in [1.165, 1.54) is 29.2 Å². The lowest BCUT2D eigenvalue weighted by Gasteiger charge is -2.20. The maximum absolute atomic E-state index is 13.0. The highest BCUT2D eigenvalue weighted by Gasteiger charge is 2.46. The van der Waals surface area contributed by atoms with Crippen molar-refractivity contribution in [2.45, 2.75) is 35.3 Å². The molecule has 1 aromatic carbocycles. The van der Waals surface area contributed by atoms with Gasteiger partial charge < -0.3 is 9.45 Å². The molecule has 1 fully saturated rings. The number of carbonyl (C=O) groups excluding carboxylic acids is 2. The average Bonchev–Trinajstić information content (AvgIpc) is 3.48. The van der Waals surface area contributed by atoms with Crippen LogP contribution in [-0.2, 0) is 20.8 Å². The number of nitrogens with zero attached hydrogens (tertiary/aromatic N) is 2. The van der Waals surface area contributed by atoms with Crippen molar-refractivity contribution in [3.05, 3.63) is 83.3 Å². The second-order valence-corrected chi connectivity index (χ2v) is 10.3. The van der Waals surface area contributed by atoms with Crippen molar-refractivity contribution >= 4 is 35.3 Å². The Morgan fingerprint density at radius 2 is 1.95 bits per heavy atom. The third-order valence-electron chi connectivity index (χ3n) is 6.38. The van der Waals surface area contributed by atoms with Gasteiger partial charge in [0.05, 0.1) is 28.4 Å². The minimum absolute atomic E-state index is 0.0574. The topological polar surface area (TPSA) is 99.5 Å². The Bertz CT molecular complexity index is 1300. The van der Waals surface area contributed by atoms with Gasteiger partial charge in [0.25, 0.3) is 5.91 Å². The van der Waals surface area contributed by atoms with Crippen LogP contribution in [0.25, 0.3) is 6.08 Å². The Morgan fingerprint density at radius 3 is 2.70 bits per heavy atom. The molecule has 192 valence electrons. The minimum atomic E-state index is -4.82. The van der Waals surface area contributed by atoms with Gasteiger partial charge in [-0.15, -0.1) is 17.7 Å². The number of alkyl halides is 3. The van der Waals surface area contributed by atoms with Gasteiger partial charge in [-0.05, 0) is 54.8 Å². The van der Waals surface area contributed by atoms with Gasteiger partial charge in [0.2, 0.25) is 0 Å². The Morgan fingerprint density at radius 1 is 1.16 bits per heavy atom. The van der Waals surface area contributed by atoms with E-state index in [1.54, 1.807) is 29.3 Å². The van der Waals surface area contributed by atoms with Gasteiger partial charge in [-0.2, -0.15) is 5.53 Å². The van der Waals surface area contributed by atoms with Crippen molar-refractivity contribution in [1.29, 1.82) is 0 Å². The molecule has 0 bridgehead atoms. The molecular weight excluding hydrogens is 507 g/mol. The largest absolute Gasteiger partial charge is 0.604 e. The zero-order chi connectivity index (χ0) is 26.2. The molecule has 0 radical (unpaired) electrons. The van der Waals surface area contributed by atoms with Crippen LogP contribution in [0.5, 0.6) is 0 Å². The monoisotopic (exact) mass is 530 g/mol. The summed E-state index contributed by atoms with van der Waals surface area (Å²) in [4.78, 5) is 26.8. The van der Waals surface area contributed by atoms with Crippen LogP contribution >= 0.6 is 0 Å². The molecule has 37 heavy (non-hydrogen) atoms. The minimum Gasteiger partial charge on any atom is -0.604 e. The Balaban J connectivity index is 1.21. The van der Waals surface area contributed by atoms with E-state index in [2.05, 4.69) is 16.4 Å². The summed E-state index contributed by atoms with van der Waals surface area (Å²) >= 11 is -3.10. The third kappa shape index (κ3) is 5.53. The molecule has 0 aromatic heterocycles. The van der Waals surface area contributed by atoms with Gasteiger partial charge in [0.1, 0.15) is 0 Å². The molecule has 1 saturated heterocycles. The Labute approximate surface area is 213 Å². The number of hydrazine groups is 2. The van der Waals surface area contributed by atoms with Crippen molar-refractivity contribution in [3.63, 3.8) is 0 Å². The molecule has 1 aliphatic carbocycles. The lowest BCUT2D eigenvalue weighted by Crippen LogP contribution is -2.36. The molecule has 2 unspecified atom stereocenters. The van der Waals surface area contributed by atoms with E-state index < -0.39 is 16.7 Å². The van der Waals surface area contributed by atoms with Crippen LogP contribution in [0.4, 0.5) is 13.2 Å². The molecule has 3 aliphatic heterocycles. The molecule has 3 N–H and O–H groups in total. The molecule has 5 rings (SSSR count). The second-order valence-electron chi connectivity index (χ2n) is 8.79. The summed E-state index contributed by atoms with van der Waals surface area (Å²) in [5.74, 6) is -0.402. The van der Waals surface area contributed by atoms with Crippen molar-refractivity contribution in [2.24, 2.45) is 0 Å². The molecule has 4 aliphatic rings. The van der Waals surface area contributed by atoms with Crippen LogP contribution in [0.15, 0.2) is 82.6 Å².